The highest BCUT2D eigenvalue weighted by atomic mass is 16.5. The molecule has 0 N–H and O–H groups in total. The minimum atomic E-state index is -0.562. The number of carbonyl (C=O) groups is 2. The Balaban J connectivity index is 2.41. The van der Waals surface area contributed by atoms with Gasteiger partial charge >= 0.3 is 0 Å². The van der Waals surface area contributed by atoms with Crippen LogP contribution in [0.5, 0.6) is 11.5 Å². The lowest BCUT2D eigenvalue weighted by Crippen LogP contribution is -2.43. The van der Waals surface area contributed by atoms with Crippen LogP contribution in [0.15, 0.2) is 34.9 Å². The number of nitriles is 1. The van der Waals surface area contributed by atoms with E-state index in [1.807, 2.05) is 19.9 Å². The fourth-order valence-electron chi connectivity index (χ4n) is 3.02. The zero-order valence-electron chi connectivity index (χ0n) is 17.3. The molecule has 1 heterocycles. The minimum absolute atomic E-state index is 0.0230. The summed E-state index contributed by atoms with van der Waals surface area (Å²) in [5, 5.41) is 9.45. The molecule has 0 atom stereocenters. The molecule has 7 heteroatoms. The minimum Gasteiger partial charge on any atom is -0.493 e. The third-order valence-corrected chi connectivity index (χ3v) is 4.50. The van der Waals surface area contributed by atoms with E-state index in [9.17, 15) is 14.9 Å². The van der Waals surface area contributed by atoms with E-state index in [4.69, 9.17) is 14.2 Å². The van der Waals surface area contributed by atoms with Crippen LogP contribution in [-0.4, -0.2) is 50.2 Å². The van der Waals surface area contributed by atoms with Gasteiger partial charge in [0.15, 0.2) is 11.5 Å². The molecule has 0 bridgehead atoms. The molecular weight excluding hydrogens is 372 g/mol. The summed E-state index contributed by atoms with van der Waals surface area (Å²) in [5.41, 5.74) is 1.36. The zero-order chi connectivity index (χ0) is 21.4. The van der Waals surface area contributed by atoms with Crippen LogP contribution in [0.4, 0.5) is 0 Å². The Hall–Kier alpha value is -3.11. The number of benzene rings is 1. The molecular formula is C22H26N2O5. The number of ether oxygens (including phenoxy) is 3. The van der Waals surface area contributed by atoms with Crippen molar-refractivity contribution >= 4 is 17.9 Å². The van der Waals surface area contributed by atoms with Crippen molar-refractivity contribution in [2.24, 2.45) is 0 Å². The highest BCUT2D eigenvalue weighted by Crippen LogP contribution is 2.31. The first-order valence-electron chi connectivity index (χ1n) is 9.56. The Labute approximate surface area is 171 Å². The normalized spacial score (nSPS) is 15.7. The van der Waals surface area contributed by atoms with Crippen molar-refractivity contribution in [2.45, 2.75) is 27.2 Å². The highest BCUT2D eigenvalue weighted by molar-refractivity contribution is 6.19. The molecule has 0 saturated carbocycles. The predicted molar refractivity (Wildman–Crippen MR) is 108 cm³/mol. The van der Waals surface area contributed by atoms with Crippen molar-refractivity contribution in [1.29, 1.82) is 5.26 Å². The summed E-state index contributed by atoms with van der Waals surface area (Å²) in [7, 11) is 1.54. The number of imide groups is 1. The maximum atomic E-state index is 13.0. The summed E-state index contributed by atoms with van der Waals surface area (Å²) in [6.07, 6.45) is 2.17. The van der Waals surface area contributed by atoms with Gasteiger partial charge in [-0.15, -0.1) is 0 Å². The van der Waals surface area contributed by atoms with Crippen molar-refractivity contribution < 1.29 is 23.8 Å². The number of hydrogen-bond acceptors (Lipinski definition) is 6. The van der Waals surface area contributed by atoms with E-state index >= 15 is 0 Å². The predicted octanol–water partition coefficient (Wildman–Crippen LogP) is 3.11. The Morgan fingerprint density at radius 1 is 1.14 bits per heavy atom. The molecule has 1 aromatic carbocycles. The first kappa shape index (κ1) is 22.2. The van der Waals surface area contributed by atoms with Crippen molar-refractivity contribution in [2.75, 3.05) is 33.5 Å². The average Bonchev–Trinajstić information content (AvgIpc) is 2.72. The van der Waals surface area contributed by atoms with E-state index in [0.717, 1.165) is 4.90 Å². The van der Waals surface area contributed by atoms with Crippen LogP contribution in [-0.2, 0) is 14.3 Å². The van der Waals surface area contributed by atoms with Crippen LogP contribution in [0, 0.1) is 11.3 Å². The molecule has 154 valence electrons. The number of carbonyl (C=O) groups excluding carboxylic acids is 2. The summed E-state index contributed by atoms with van der Waals surface area (Å²) in [6.45, 7) is 7.07. The third-order valence-electron chi connectivity index (χ3n) is 4.50. The van der Waals surface area contributed by atoms with Crippen LogP contribution in [0.3, 0.4) is 0 Å². The van der Waals surface area contributed by atoms with Gasteiger partial charge in [0.25, 0.3) is 11.8 Å². The lowest BCUT2D eigenvalue weighted by Gasteiger charge is -2.27. The zero-order valence-corrected chi connectivity index (χ0v) is 17.3. The van der Waals surface area contributed by atoms with Gasteiger partial charge < -0.3 is 14.2 Å². The second kappa shape index (κ2) is 10.4. The topological polar surface area (TPSA) is 88.9 Å². The number of methoxy groups -OCH3 is 1. The molecule has 29 heavy (non-hydrogen) atoms. The summed E-state index contributed by atoms with van der Waals surface area (Å²) in [5.74, 6) is 0.157. The molecule has 0 aliphatic carbocycles. The van der Waals surface area contributed by atoms with Crippen molar-refractivity contribution in [1.82, 2.24) is 4.90 Å². The Morgan fingerprint density at radius 3 is 2.52 bits per heavy atom. The molecule has 1 aromatic rings. The maximum Gasteiger partial charge on any atom is 0.271 e. The summed E-state index contributed by atoms with van der Waals surface area (Å²) >= 11 is 0. The molecule has 0 aromatic heterocycles. The van der Waals surface area contributed by atoms with E-state index in [1.54, 1.807) is 31.2 Å². The summed E-state index contributed by atoms with van der Waals surface area (Å²) in [4.78, 5) is 26.7. The molecule has 0 radical (unpaired) electrons. The number of nitrogens with zero attached hydrogens (tertiary/aromatic N) is 2. The largest absolute Gasteiger partial charge is 0.493 e. The molecule has 1 aliphatic rings. The standard InChI is InChI=1S/C22H26N2O5/c1-5-28-11-7-10-24-21(25)17(15(3)18(14-23)22(24)26)12-16-8-9-19(29-6-2)20(13-16)27-4/h8-9,12-13H,5-7,10-11H2,1-4H3/b17-12+. The molecule has 0 unspecified atom stereocenters. The van der Waals surface area contributed by atoms with E-state index < -0.39 is 11.8 Å². The lowest BCUT2D eigenvalue weighted by atomic mass is 9.93. The number of amides is 2. The van der Waals surface area contributed by atoms with E-state index in [-0.39, 0.29) is 12.1 Å². The van der Waals surface area contributed by atoms with Gasteiger partial charge in [0.1, 0.15) is 11.6 Å². The Bertz CT molecular complexity index is 880. The summed E-state index contributed by atoms with van der Waals surface area (Å²) < 4.78 is 16.2. The quantitative estimate of drug-likeness (QED) is 0.361. The van der Waals surface area contributed by atoms with Crippen LogP contribution in [0.1, 0.15) is 32.8 Å². The van der Waals surface area contributed by atoms with Crippen LogP contribution < -0.4 is 9.47 Å². The molecule has 0 spiro atoms. The van der Waals surface area contributed by atoms with Crippen LogP contribution in [0.2, 0.25) is 0 Å². The fraction of sp³-hybridized carbons (Fsp3) is 0.409. The highest BCUT2D eigenvalue weighted by Gasteiger charge is 2.35. The number of hydrogen-bond donors (Lipinski definition) is 0. The first-order valence-corrected chi connectivity index (χ1v) is 9.56. The molecule has 0 fully saturated rings. The van der Waals surface area contributed by atoms with Crippen LogP contribution >= 0.6 is 0 Å². The molecule has 2 amide bonds. The average molecular weight is 398 g/mol. The van der Waals surface area contributed by atoms with Crippen LogP contribution in [0.25, 0.3) is 6.08 Å². The van der Waals surface area contributed by atoms with Crippen molar-refractivity contribution in [3.63, 3.8) is 0 Å². The number of rotatable bonds is 9. The Kier molecular flexibility index (Phi) is 7.98. The van der Waals surface area contributed by atoms with E-state index in [0.29, 0.717) is 54.5 Å². The molecule has 1 aliphatic heterocycles. The molecule has 7 nitrogen and oxygen atoms in total. The van der Waals surface area contributed by atoms with Gasteiger partial charge in [-0.05, 0) is 56.5 Å². The summed E-state index contributed by atoms with van der Waals surface area (Å²) in [6, 6.07) is 7.25. The maximum absolute atomic E-state index is 13.0. The van der Waals surface area contributed by atoms with Gasteiger partial charge in [0, 0.05) is 25.3 Å². The molecule has 2 rings (SSSR count). The lowest BCUT2D eigenvalue weighted by molar-refractivity contribution is -0.140. The SMILES string of the molecule is CCOCCCN1C(=O)C(C#N)=C(C)/C(=C\c2ccc(OCC)c(OC)c2)C1=O. The van der Waals surface area contributed by atoms with Gasteiger partial charge in [0.2, 0.25) is 0 Å². The Morgan fingerprint density at radius 2 is 1.90 bits per heavy atom. The molecule has 0 saturated heterocycles. The monoisotopic (exact) mass is 398 g/mol. The first-order chi connectivity index (χ1) is 14.0. The second-order valence-electron chi connectivity index (χ2n) is 6.33. The third kappa shape index (κ3) is 5.04. The second-order valence-corrected chi connectivity index (χ2v) is 6.33. The van der Waals surface area contributed by atoms with E-state index in [2.05, 4.69) is 0 Å². The van der Waals surface area contributed by atoms with Gasteiger partial charge in [-0.2, -0.15) is 5.26 Å². The van der Waals surface area contributed by atoms with Gasteiger partial charge in [-0.3, -0.25) is 14.5 Å². The van der Waals surface area contributed by atoms with Crippen molar-refractivity contribution in [3.05, 3.63) is 40.5 Å². The smallest absolute Gasteiger partial charge is 0.271 e. The van der Waals surface area contributed by atoms with Gasteiger partial charge in [0.05, 0.1) is 13.7 Å². The van der Waals surface area contributed by atoms with Gasteiger partial charge in [-0.25, -0.2) is 0 Å². The fourth-order valence-corrected chi connectivity index (χ4v) is 3.02. The van der Waals surface area contributed by atoms with E-state index in [1.165, 1.54) is 7.11 Å². The van der Waals surface area contributed by atoms with Crippen molar-refractivity contribution in [3.8, 4) is 17.6 Å². The van der Waals surface area contributed by atoms with Gasteiger partial charge in [-0.1, -0.05) is 6.07 Å².